The van der Waals surface area contributed by atoms with Crippen molar-refractivity contribution in [1.82, 2.24) is 4.98 Å². The zero-order valence-corrected chi connectivity index (χ0v) is 7.45. The van der Waals surface area contributed by atoms with Crippen LogP contribution in [0.4, 0.5) is 0 Å². The highest BCUT2D eigenvalue weighted by atomic mass is 35.5. The molecule has 0 aliphatic carbocycles. The Hall–Kier alpha value is -1.41. The van der Waals surface area contributed by atoms with Crippen molar-refractivity contribution in [2.24, 2.45) is 0 Å². The zero-order chi connectivity index (χ0) is 9.26. The van der Waals surface area contributed by atoms with Crippen LogP contribution in [0.3, 0.4) is 0 Å². The van der Waals surface area contributed by atoms with Crippen molar-refractivity contribution in [2.75, 3.05) is 0 Å². The molecule has 1 heterocycles. The highest BCUT2D eigenvalue weighted by Crippen LogP contribution is 2.22. The van der Waals surface area contributed by atoms with E-state index < -0.39 is 0 Å². The first-order chi connectivity index (χ1) is 6.31. The molecule has 13 heavy (non-hydrogen) atoms. The van der Waals surface area contributed by atoms with E-state index in [1.807, 2.05) is 12.1 Å². The summed E-state index contributed by atoms with van der Waals surface area (Å²) in [6.45, 7) is 0. The molecule has 0 radical (unpaired) electrons. The van der Waals surface area contributed by atoms with Crippen molar-refractivity contribution in [3.63, 3.8) is 0 Å². The van der Waals surface area contributed by atoms with E-state index in [1.165, 1.54) is 0 Å². The van der Waals surface area contributed by atoms with Crippen molar-refractivity contribution < 1.29 is 4.79 Å². The topological polar surface area (TPSA) is 30.0 Å². The standard InChI is InChI=1S/C10H6ClNO/c11-10-3-1-2-7-5-12-8(6-13)4-9(7)10/h1-6H. The van der Waals surface area contributed by atoms with E-state index in [0.29, 0.717) is 17.0 Å². The number of nitrogens with zero attached hydrogens (tertiary/aromatic N) is 1. The number of carbonyl (C=O) groups is 1. The molecule has 3 heteroatoms. The maximum Gasteiger partial charge on any atom is 0.168 e. The van der Waals surface area contributed by atoms with E-state index in [0.717, 1.165) is 10.8 Å². The molecule has 0 atom stereocenters. The Morgan fingerprint density at radius 1 is 1.38 bits per heavy atom. The van der Waals surface area contributed by atoms with Gasteiger partial charge in [0.25, 0.3) is 0 Å². The van der Waals surface area contributed by atoms with Gasteiger partial charge in [0, 0.05) is 22.0 Å². The quantitative estimate of drug-likeness (QED) is 0.649. The molecule has 0 amide bonds. The smallest absolute Gasteiger partial charge is 0.168 e. The maximum absolute atomic E-state index is 10.5. The minimum Gasteiger partial charge on any atom is -0.296 e. The van der Waals surface area contributed by atoms with Crippen molar-refractivity contribution in [2.45, 2.75) is 0 Å². The molecule has 0 aliphatic heterocycles. The third-order valence-corrected chi connectivity index (χ3v) is 2.18. The second-order valence-electron chi connectivity index (χ2n) is 2.69. The Bertz CT molecular complexity index is 467. The molecule has 2 aromatic rings. The molecular formula is C10H6ClNO. The Kier molecular flexibility index (Phi) is 1.99. The fourth-order valence-corrected chi connectivity index (χ4v) is 1.45. The van der Waals surface area contributed by atoms with Crippen LogP contribution < -0.4 is 0 Å². The van der Waals surface area contributed by atoms with Crippen molar-refractivity contribution in [3.8, 4) is 0 Å². The Morgan fingerprint density at radius 2 is 2.23 bits per heavy atom. The van der Waals surface area contributed by atoms with Gasteiger partial charge in [0.1, 0.15) is 5.69 Å². The van der Waals surface area contributed by atoms with Crippen LogP contribution >= 0.6 is 11.6 Å². The number of hydrogen-bond acceptors (Lipinski definition) is 2. The molecule has 0 unspecified atom stereocenters. The second-order valence-corrected chi connectivity index (χ2v) is 3.10. The van der Waals surface area contributed by atoms with E-state index in [1.54, 1.807) is 18.3 Å². The van der Waals surface area contributed by atoms with E-state index in [-0.39, 0.29) is 0 Å². The van der Waals surface area contributed by atoms with Gasteiger partial charge >= 0.3 is 0 Å². The molecule has 1 aromatic carbocycles. The van der Waals surface area contributed by atoms with Gasteiger partial charge in [-0.1, -0.05) is 23.7 Å². The lowest BCUT2D eigenvalue weighted by molar-refractivity contribution is 0.111. The third-order valence-electron chi connectivity index (χ3n) is 1.85. The lowest BCUT2D eigenvalue weighted by Crippen LogP contribution is -1.86. The summed E-state index contributed by atoms with van der Waals surface area (Å²) in [5, 5.41) is 2.45. The van der Waals surface area contributed by atoms with E-state index >= 15 is 0 Å². The van der Waals surface area contributed by atoms with E-state index in [2.05, 4.69) is 4.98 Å². The minimum absolute atomic E-state index is 0.403. The van der Waals surface area contributed by atoms with Crippen LogP contribution in [0.15, 0.2) is 30.5 Å². The number of aldehydes is 1. The molecule has 0 saturated carbocycles. The molecule has 0 saturated heterocycles. The lowest BCUT2D eigenvalue weighted by atomic mass is 10.1. The number of benzene rings is 1. The first-order valence-corrected chi connectivity index (χ1v) is 4.18. The van der Waals surface area contributed by atoms with Gasteiger partial charge in [-0.05, 0) is 12.1 Å². The van der Waals surface area contributed by atoms with Gasteiger partial charge in [-0.25, -0.2) is 0 Å². The van der Waals surface area contributed by atoms with Gasteiger partial charge in [-0.15, -0.1) is 0 Å². The summed E-state index contributed by atoms with van der Waals surface area (Å²) < 4.78 is 0. The van der Waals surface area contributed by atoms with Gasteiger partial charge < -0.3 is 0 Å². The summed E-state index contributed by atoms with van der Waals surface area (Å²) in [7, 11) is 0. The minimum atomic E-state index is 0.403. The van der Waals surface area contributed by atoms with Gasteiger partial charge in [0.15, 0.2) is 6.29 Å². The van der Waals surface area contributed by atoms with E-state index in [4.69, 9.17) is 11.6 Å². The summed E-state index contributed by atoms with van der Waals surface area (Å²) in [5.74, 6) is 0. The summed E-state index contributed by atoms with van der Waals surface area (Å²) >= 11 is 5.94. The summed E-state index contributed by atoms with van der Waals surface area (Å²) in [4.78, 5) is 14.4. The maximum atomic E-state index is 10.5. The van der Waals surface area contributed by atoms with Gasteiger partial charge in [-0.3, -0.25) is 9.78 Å². The molecule has 1 aromatic heterocycles. The number of rotatable bonds is 1. The van der Waals surface area contributed by atoms with Gasteiger partial charge in [0.05, 0.1) is 0 Å². The number of aromatic nitrogens is 1. The molecule has 2 rings (SSSR count). The van der Waals surface area contributed by atoms with Crippen LogP contribution in [0.1, 0.15) is 10.5 Å². The monoisotopic (exact) mass is 191 g/mol. The summed E-state index contributed by atoms with van der Waals surface area (Å²) in [6.07, 6.45) is 2.35. The molecule has 0 fully saturated rings. The lowest BCUT2D eigenvalue weighted by Gasteiger charge is -1.99. The predicted molar refractivity (Wildman–Crippen MR) is 52.1 cm³/mol. The number of halogens is 1. The second kappa shape index (κ2) is 3.15. The molecule has 0 aliphatic rings. The van der Waals surface area contributed by atoms with Gasteiger partial charge in [-0.2, -0.15) is 0 Å². The van der Waals surface area contributed by atoms with Crippen molar-refractivity contribution in [3.05, 3.63) is 41.2 Å². The van der Waals surface area contributed by atoms with Crippen LogP contribution in [0.2, 0.25) is 5.02 Å². The Balaban J connectivity index is 2.81. The van der Waals surface area contributed by atoms with Crippen molar-refractivity contribution in [1.29, 1.82) is 0 Å². The largest absolute Gasteiger partial charge is 0.296 e. The van der Waals surface area contributed by atoms with Crippen LogP contribution in [0.25, 0.3) is 10.8 Å². The number of pyridine rings is 1. The first kappa shape index (κ1) is 8.20. The molecule has 0 N–H and O–H groups in total. The van der Waals surface area contributed by atoms with Crippen LogP contribution in [-0.4, -0.2) is 11.3 Å². The zero-order valence-electron chi connectivity index (χ0n) is 6.70. The summed E-state index contributed by atoms with van der Waals surface area (Å²) in [5.41, 5.74) is 0.403. The van der Waals surface area contributed by atoms with Crippen LogP contribution in [0.5, 0.6) is 0 Å². The Morgan fingerprint density at radius 3 is 3.00 bits per heavy atom. The highest BCUT2D eigenvalue weighted by molar-refractivity contribution is 6.35. The molecule has 0 spiro atoms. The highest BCUT2D eigenvalue weighted by Gasteiger charge is 1.99. The fraction of sp³-hybridized carbons (Fsp3) is 0. The number of hydrogen-bond donors (Lipinski definition) is 0. The molecule has 0 bridgehead atoms. The third kappa shape index (κ3) is 1.40. The van der Waals surface area contributed by atoms with Crippen molar-refractivity contribution >= 4 is 28.7 Å². The predicted octanol–water partition coefficient (Wildman–Crippen LogP) is 2.70. The average Bonchev–Trinajstić information content (AvgIpc) is 2.18. The van der Waals surface area contributed by atoms with Crippen LogP contribution in [0, 0.1) is 0 Å². The molecular weight excluding hydrogens is 186 g/mol. The van der Waals surface area contributed by atoms with Gasteiger partial charge in [0.2, 0.25) is 0 Å². The molecule has 2 nitrogen and oxygen atoms in total. The van der Waals surface area contributed by atoms with Crippen LogP contribution in [-0.2, 0) is 0 Å². The van der Waals surface area contributed by atoms with E-state index in [9.17, 15) is 4.79 Å². The molecule has 64 valence electrons. The Labute approximate surface area is 80.2 Å². The average molecular weight is 192 g/mol. The first-order valence-electron chi connectivity index (χ1n) is 3.81. The SMILES string of the molecule is O=Cc1cc2c(Cl)cccc2cn1. The number of fused-ring (bicyclic) bond motifs is 1. The fourth-order valence-electron chi connectivity index (χ4n) is 1.21. The number of carbonyl (C=O) groups excluding carboxylic acids is 1. The normalized spacial score (nSPS) is 10.2. The summed E-state index contributed by atoms with van der Waals surface area (Å²) in [6, 6.07) is 7.23.